The lowest BCUT2D eigenvalue weighted by atomic mass is 9.90. The van der Waals surface area contributed by atoms with Gasteiger partial charge in [0.25, 0.3) is 0 Å². The molecule has 4 heteroatoms. The van der Waals surface area contributed by atoms with E-state index in [1.54, 1.807) is 0 Å². The molecule has 1 saturated heterocycles. The first-order chi connectivity index (χ1) is 16.7. The van der Waals surface area contributed by atoms with E-state index in [0.29, 0.717) is 6.04 Å². The van der Waals surface area contributed by atoms with Gasteiger partial charge in [0.1, 0.15) is 5.82 Å². The van der Waals surface area contributed by atoms with Gasteiger partial charge in [0.05, 0.1) is 5.69 Å². The molecule has 2 aliphatic rings. The third-order valence-electron chi connectivity index (χ3n) is 6.91. The number of nitrogens with one attached hydrogen (secondary N) is 1. The minimum atomic E-state index is -0.225. The van der Waals surface area contributed by atoms with Crippen molar-refractivity contribution in [1.29, 1.82) is 0 Å². The molecule has 2 aliphatic heterocycles. The monoisotopic (exact) mass is 447 g/mol. The third-order valence-corrected chi connectivity index (χ3v) is 6.91. The fraction of sp³-hybridized carbons (Fsp3) is 0.167. The summed E-state index contributed by atoms with van der Waals surface area (Å²) in [6, 6.07) is 21.8. The van der Waals surface area contributed by atoms with E-state index < -0.39 is 0 Å². The molecule has 0 unspecified atom stereocenters. The number of rotatable bonds is 4. The van der Waals surface area contributed by atoms with Gasteiger partial charge in [-0.3, -0.25) is 9.88 Å². The van der Waals surface area contributed by atoms with Crippen LogP contribution in [0, 0.1) is 5.82 Å². The fourth-order valence-corrected chi connectivity index (χ4v) is 5.28. The molecule has 1 N–H and O–H groups in total. The molecule has 4 aromatic rings. The molecule has 1 fully saturated rings. The van der Waals surface area contributed by atoms with Crippen molar-refractivity contribution in [2.45, 2.75) is 18.9 Å². The van der Waals surface area contributed by atoms with Gasteiger partial charge in [-0.15, -0.1) is 0 Å². The number of fused-ring (bicyclic) bond motifs is 1. The summed E-state index contributed by atoms with van der Waals surface area (Å²) < 4.78 is 13.6. The van der Waals surface area contributed by atoms with E-state index in [4.69, 9.17) is 0 Å². The number of halogens is 1. The molecule has 0 amide bonds. The smallest absolute Gasteiger partial charge is 0.123 e. The van der Waals surface area contributed by atoms with E-state index in [0.717, 1.165) is 48.3 Å². The summed E-state index contributed by atoms with van der Waals surface area (Å²) >= 11 is 0. The molecule has 1 atom stereocenters. The van der Waals surface area contributed by atoms with Crippen molar-refractivity contribution < 1.29 is 4.39 Å². The van der Waals surface area contributed by atoms with Gasteiger partial charge in [-0.1, -0.05) is 48.1 Å². The molecule has 0 saturated carbocycles. The average Bonchev–Trinajstić information content (AvgIpc) is 3.49. The van der Waals surface area contributed by atoms with Crippen LogP contribution in [0.25, 0.3) is 34.0 Å². The number of hydrogen-bond acceptors (Lipinski definition) is 2. The molecular weight excluding hydrogens is 421 g/mol. The second-order valence-electron chi connectivity index (χ2n) is 9.09. The van der Waals surface area contributed by atoms with Crippen LogP contribution in [0.1, 0.15) is 24.0 Å². The van der Waals surface area contributed by atoms with E-state index in [1.807, 2.05) is 36.7 Å². The molecule has 2 aromatic heterocycles. The van der Waals surface area contributed by atoms with E-state index in [1.165, 1.54) is 34.4 Å². The van der Waals surface area contributed by atoms with Crippen LogP contribution < -0.4 is 0 Å². The van der Waals surface area contributed by atoms with E-state index in [-0.39, 0.29) is 5.82 Å². The van der Waals surface area contributed by atoms with Gasteiger partial charge in [0.15, 0.2) is 0 Å². The Bertz CT molecular complexity index is 1350. The minimum Gasteiger partial charge on any atom is -0.360 e. The van der Waals surface area contributed by atoms with Gasteiger partial charge in [-0.25, -0.2) is 4.39 Å². The van der Waals surface area contributed by atoms with Crippen molar-refractivity contribution in [3.8, 4) is 22.4 Å². The van der Waals surface area contributed by atoms with Crippen molar-refractivity contribution in [1.82, 2.24) is 14.9 Å². The van der Waals surface area contributed by atoms with Gasteiger partial charge in [-0.2, -0.15) is 0 Å². The average molecular weight is 448 g/mol. The zero-order valence-electron chi connectivity index (χ0n) is 18.9. The number of aromatic nitrogens is 2. The predicted octanol–water partition coefficient (Wildman–Crippen LogP) is 6.83. The SMILES string of the molecule is Fc1ccc(-c2[nH]cc(C3=C[C@@H]4C/C(=C/c5ccccc5)CN4CC3)c2-c2ccncc2)cc1. The summed E-state index contributed by atoms with van der Waals surface area (Å²) in [6.07, 6.45) is 12.6. The van der Waals surface area contributed by atoms with Crippen LogP contribution in [0.3, 0.4) is 0 Å². The van der Waals surface area contributed by atoms with Crippen molar-refractivity contribution in [2.75, 3.05) is 13.1 Å². The first-order valence-electron chi connectivity index (χ1n) is 11.8. The van der Waals surface area contributed by atoms with Gasteiger partial charge in [-0.05, 0) is 71.5 Å². The van der Waals surface area contributed by atoms with Crippen LogP contribution in [0.15, 0.2) is 97.0 Å². The van der Waals surface area contributed by atoms with Crippen molar-refractivity contribution in [3.63, 3.8) is 0 Å². The topological polar surface area (TPSA) is 31.9 Å². The normalized spacial score (nSPS) is 19.3. The van der Waals surface area contributed by atoms with Crippen LogP contribution in [-0.2, 0) is 0 Å². The highest BCUT2D eigenvalue weighted by atomic mass is 19.1. The molecule has 34 heavy (non-hydrogen) atoms. The third kappa shape index (κ3) is 4.02. The van der Waals surface area contributed by atoms with Crippen LogP contribution in [0.2, 0.25) is 0 Å². The lowest BCUT2D eigenvalue weighted by Gasteiger charge is -2.28. The van der Waals surface area contributed by atoms with Gasteiger partial charge < -0.3 is 4.98 Å². The van der Waals surface area contributed by atoms with Gasteiger partial charge in [0, 0.05) is 48.8 Å². The molecule has 6 rings (SSSR count). The van der Waals surface area contributed by atoms with Gasteiger partial charge in [0.2, 0.25) is 0 Å². The van der Waals surface area contributed by atoms with Crippen LogP contribution in [-0.4, -0.2) is 34.0 Å². The van der Waals surface area contributed by atoms with E-state index in [9.17, 15) is 4.39 Å². The van der Waals surface area contributed by atoms with Gasteiger partial charge >= 0.3 is 0 Å². The molecule has 4 heterocycles. The van der Waals surface area contributed by atoms with Crippen molar-refractivity contribution >= 4 is 11.6 Å². The number of H-pyrrole nitrogens is 1. The second-order valence-corrected chi connectivity index (χ2v) is 9.09. The van der Waals surface area contributed by atoms with Crippen LogP contribution in [0.4, 0.5) is 4.39 Å². The molecular formula is C30H26FN3. The fourth-order valence-electron chi connectivity index (χ4n) is 5.28. The minimum absolute atomic E-state index is 0.225. The summed E-state index contributed by atoms with van der Waals surface area (Å²) in [7, 11) is 0. The maximum absolute atomic E-state index is 13.6. The second kappa shape index (κ2) is 8.88. The summed E-state index contributed by atoms with van der Waals surface area (Å²) in [5.41, 5.74) is 9.63. The van der Waals surface area contributed by atoms with Crippen molar-refractivity contribution in [3.05, 3.63) is 114 Å². The zero-order valence-corrected chi connectivity index (χ0v) is 18.9. The Morgan fingerprint density at radius 3 is 2.53 bits per heavy atom. The van der Waals surface area contributed by atoms with E-state index >= 15 is 0 Å². The largest absolute Gasteiger partial charge is 0.360 e. The Labute approximate surface area is 199 Å². The first kappa shape index (κ1) is 20.8. The molecule has 3 nitrogen and oxygen atoms in total. The maximum atomic E-state index is 13.6. The lowest BCUT2D eigenvalue weighted by Crippen LogP contribution is -2.32. The number of aromatic amines is 1. The van der Waals surface area contributed by atoms with E-state index in [2.05, 4.69) is 63.5 Å². The highest BCUT2D eigenvalue weighted by molar-refractivity contribution is 5.91. The Balaban J connectivity index is 1.37. The zero-order chi connectivity index (χ0) is 22.9. The Hall–Kier alpha value is -3.76. The number of benzene rings is 2. The highest BCUT2D eigenvalue weighted by Crippen LogP contribution is 2.41. The summed E-state index contributed by atoms with van der Waals surface area (Å²) in [4.78, 5) is 10.3. The number of nitrogens with zero attached hydrogens (tertiary/aromatic N) is 2. The Morgan fingerprint density at radius 1 is 0.941 bits per heavy atom. The quantitative estimate of drug-likeness (QED) is 0.372. The Morgan fingerprint density at radius 2 is 1.74 bits per heavy atom. The summed E-state index contributed by atoms with van der Waals surface area (Å²) in [5.74, 6) is -0.225. The molecule has 2 aromatic carbocycles. The number of pyridine rings is 1. The molecule has 0 aliphatic carbocycles. The highest BCUT2D eigenvalue weighted by Gasteiger charge is 2.31. The Kier molecular flexibility index (Phi) is 5.44. The molecule has 0 spiro atoms. The van der Waals surface area contributed by atoms with Crippen LogP contribution >= 0.6 is 0 Å². The lowest BCUT2D eigenvalue weighted by molar-refractivity contribution is 0.290. The molecule has 0 radical (unpaired) electrons. The molecule has 168 valence electrons. The van der Waals surface area contributed by atoms with Crippen molar-refractivity contribution in [2.24, 2.45) is 0 Å². The van der Waals surface area contributed by atoms with Crippen LogP contribution in [0.5, 0.6) is 0 Å². The summed E-state index contributed by atoms with van der Waals surface area (Å²) in [6.45, 7) is 2.09. The predicted molar refractivity (Wildman–Crippen MR) is 136 cm³/mol. The maximum Gasteiger partial charge on any atom is 0.123 e. The molecule has 0 bridgehead atoms. The standard InChI is InChI=1S/C30H26FN3/c31-26-8-6-24(7-9-26)30-29(23-10-13-32-14-11-23)28(19-33-30)25-12-15-34-20-22(17-27(34)18-25)16-21-4-2-1-3-5-21/h1-11,13-14,16,18-19,27,33H,12,15,17,20H2/b22-16-/t27-/m0/s1. The first-order valence-corrected chi connectivity index (χ1v) is 11.8. The number of hydrogen-bond donors (Lipinski definition) is 1. The summed E-state index contributed by atoms with van der Waals surface area (Å²) in [5, 5.41) is 0.